The van der Waals surface area contributed by atoms with E-state index in [-0.39, 0.29) is 30.6 Å². The molecule has 0 radical (unpaired) electrons. The molecular formula is C27H22F9N3O3. The second kappa shape index (κ2) is 11.1. The Morgan fingerprint density at radius 1 is 0.976 bits per heavy atom. The van der Waals surface area contributed by atoms with Crippen molar-refractivity contribution in [3.63, 3.8) is 0 Å². The number of benzene rings is 2. The van der Waals surface area contributed by atoms with Gasteiger partial charge in [0.2, 0.25) is 17.6 Å². The Kier molecular flexibility index (Phi) is 8.19. The van der Waals surface area contributed by atoms with E-state index >= 15 is 0 Å². The summed E-state index contributed by atoms with van der Waals surface area (Å²) >= 11 is 0. The average Bonchev–Trinajstić information content (AvgIpc) is 3.09. The lowest BCUT2D eigenvalue weighted by Gasteiger charge is -2.34. The third-order valence-electron chi connectivity index (χ3n) is 6.84. The molecule has 226 valence electrons. The second-order valence-electron chi connectivity index (χ2n) is 9.63. The van der Waals surface area contributed by atoms with E-state index in [0.717, 1.165) is 23.2 Å². The molecule has 1 amide bonds. The minimum absolute atomic E-state index is 0.0389. The van der Waals surface area contributed by atoms with Gasteiger partial charge in [-0.15, -0.1) is 0 Å². The smallest absolute Gasteiger partial charge is 0.451 e. The van der Waals surface area contributed by atoms with E-state index in [2.05, 4.69) is 9.97 Å². The fourth-order valence-corrected chi connectivity index (χ4v) is 4.61. The first-order valence-corrected chi connectivity index (χ1v) is 12.4. The summed E-state index contributed by atoms with van der Waals surface area (Å²) in [4.78, 5) is 21.2. The molecule has 3 aromatic rings. The van der Waals surface area contributed by atoms with Crippen LogP contribution < -0.4 is 9.64 Å². The Bertz CT molecular complexity index is 1410. The van der Waals surface area contributed by atoms with Crippen LogP contribution in [0.3, 0.4) is 0 Å². The molecule has 2 atom stereocenters. The molecule has 1 aliphatic heterocycles. The Labute approximate surface area is 232 Å². The lowest BCUT2D eigenvalue weighted by molar-refractivity contribution is -0.376. The molecule has 2 heterocycles. The normalized spacial score (nSPS) is 17.3. The van der Waals surface area contributed by atoms with Crippen molar-refractivity contribution in [1.29, 1.82) is 0 Å². The Morgan fingerprint density at radius 2 is 1.62 bits per heavy atom. The number of carbonyl (C=O) groups excluding carboxylic acids is 1. The fraction of sp³-hybridized carbons (Fsp3) is 0.370. The van der Waals surface area contributed by atoms with E-state index in [1.165, 1.54) is 0 Å². The Hall–Kier alpha value is -3.88. The zero-order valence-electron chi connectivity index (χ0n) is 21.6. The molecule has 0 saturated carbocycles. The summed E-state index contributed by atoms with van der Waals surface area (Å²) in [5, 5.41) is 9.92. The van der Waals surface area contributed by atoms with Crippen LogP contribution in [0, 0.1) is 0 Å². The lowest BCUT2D eigenvalue weighted by Crippen LogP contribution is -2.54. The third-order valence-corrected chi connectivity index (χ3v) is 6.84. The number of alkyl halides is 9. The van der Waals surface area contributed by atoms with E-state index in [0.29, 0.717) is 17.7 Å². The van der Waals surface area contributed by atoms with Gasteiger partial charge in [-0.2, -0.15) is 44.5 Å². The highest BCUT2D eigenvalue weighted by Gasteiger charge is 2.71. The zero-order chi connectivity index (χ0) is 31.1. The van der Waals surface area contributed by atoms with Crippen LogP contribution >= 0.6 is 0 Å². The number of aliphatic hydroxyl groups is 1. The predicted octanol–water partition coefficient (Wildman–Crippen LogP) is 6.34. The molecule has 1 aromatic heterocycles. The summed E-state index contributed by atoms with van der Waals surface area (Å²) < 4.78 is 126. The van der Waals surface area contributed by atoms with Crippen LogP contribution in [-0.2, 0) is 23.0 Å². The minimum Gasteiger partial charge on any atom is -0.472 e. The van der Waals surface area contributed by atoms with Crippen LogP contribution in [0.1, 0.15) is 41.8 Å². The molecule has 0 unspecified atom stereocenters. The van der Waals surface area contributed by atoms with Crippen molar-refractivity contribution in [3.8, 4) is 5.88 Å². The van der Waals surface area contributed by atoms with Crippen molar-refractivity contribution in [2.75, 3.05) is 11.4 Å². The average molecular weight is 607 g/mol. The highest BCUT2D eigenvalue weighted by atomic mass is 19.4. The first kappa shape index (κ1) is 31.1. The van der Waals surface area contributed by atoms with Crippen LogP contribution in [0.25, 0.3) is 0 Å². The fourth-order valence-electron chi connectivity index (χ4n) is 4.61. The summed E-state index contributed by atoms with van der Waals surface area (Å²) in [6, 6.07) is 11.2. The largest absolute Gasteiger partial charge is 0.472 e. The van der Waals surface area contributed by atoms with Crippen LogP contribution in [0.2, 0.25) is 0 Å². The molecule has 0 bridgehead atoms. The van der Waals surface area contributed by atoms with Crippen LogP contribution in [0.5, 0.6) is 5.88 Å². The minimum atomic E-state index is -6.13. The highest BCUT2D eigenvalue weighted by molar-refractivity contribution is 5.98. The summed E-state index contributed by atoms with van der Waals surface area (Å²) in [5.41, 5.74) is -6.33. The lowest BCUT2D eigenvalue weighted by atomic mass is 9.89. The number of amides is 1. The van der Waals surface area contributed by atoms with Gasteiger partial charge in [-0.1, -0.05) is 42.5 Å². The van der Waals surface area contributed by atoms with Gasteiger partial charge in [0.25, 0.3) is 5.60 Å². The van der Waals surface area contributed by atoms with E-state index < -0.39 is 59.3 Å². The van der Waals surface area contributed by atoms with E-state index in [9.17, 15) is 49.4 Å². The van der Waals surface area contributed by atoms with E-state index in [1.54, 1.807) is 37.3 Å². The monoisotopic (exact) mass is 607 g/mol. The molecule has 2 aromatic carbocycles. The van der Waals surface area contributed by atoms with Crippen molar-refractivity contribution >= 4 is 11.6 Å². The Balaban J connectivity index is 1.76. The van der Waals surface area contributed by atoms with Gasteiger partial charge in [0.1, 0.15) is 6.10 Å². The number of anilines is 1. The molecule has 0 fully saturated rings. The van der Waals surface area contributed by atoms with Crippen LogP contribution in [-0.4, -0.2) is 46.0 Å². The zero-order valence-corrected chi connectivity index (χ0v) is 21.6. The first-order valence-electron chi connectivity index (χ1n) is 12.4. The predicted molar refractivity (Wildman–Crippen MR) is 129 cm³/mol. The quantitative estimate of drug-likeness (QED) is 0.343. The Morgan fingerprint density at radius 3 is 2.21 bits per heavy atom. The van der Waals surface area contributed by atoms with Crippen molar-refractivity contribution in [1.82, 2.24) is 9.97 Å². The summed E-state index contributed by atoms with van der Waals surface area (Å²) in [6.07, 6.45) is -17.8. The maximum absolute atomic E-state index is 13.7. The van der Waals surface area contributed by atoms with Crippen LogP contribution in [0.15, 0.2) is 60.8 Å². The maximum Gasteiger partial charge on any atom is 0.451 e. The van der Waals surface area contributed by atoms with Crippen molar-refractivity contribution in [2.45, 2.75) is 55.9 Å². The van der Waals surface area contributed by atoms with E-state index in [4.69, 9.17) is 4.74 Å². The van der Waals surface area contributed by atoms with Gasteiger partial charge in [0.05, 0.1) is 12.5 Å². The van der Waals surface area contributed by atoms with Gasteiger partial charge >= 0.3 is 18.5 Å². The SMILES string of the molecule is C[C@H](C(=O)N1C[C@@H](Oc2ccnc(C(F)(F)F)n2)CCc2cc(C(O)(C(F)(F)F)C(F)(F)F)ccc21)c1ccccc1. The number of aromatic nitrogens is 2. The number of ether oxygens (including phenoxy) is 1. The number of hydrogen-bond acceptors (Lipinski definition) is 5. The van der Waals surface area contributed by atoms with Gasteiger partial charge < -0.3 is 14.7 Å². The van der Waals surface area contributed by atoms with Gasteiger partial charge in [0, 0.05) is 23.5 Å². The second-order valence-corrected chi connectivity index (χ2v) is 9.63. The number of fused-ring (bicyclic) bond motifs is 1. The van der Waals surface area contributed by atoms with Crippen molar-refractivity contribution < 1.29 is 54.2 Å². The number of rotatable bonds is 5. The number of halogens is 9. The van der Waals surface area contributed by atoms with Crippen LogP contribution in [0.4, 0.5) is 45.2 Å². The number of carbonyl (C=O) groups is 1. The van der Waals surface area contributed by atoms with E-state index in [1.807, 2.05) is 0 Å². The van der Waals surface area contributed by atoms with Gasteiger partial charge in [-0.3, -0.25) is 4.79 Å². The molecule has 0 aliphatic carbocycles. The number of hydrogen-bond donors (Lipinski definition) is 1. The standard InChI is InChI=1S/C27H22F9N3O3/c1-15(16-5-3-2-4-6-16)22(40)39-14-19(42-21-11-12-37-23(38-21)25(28,29)30)9-7-17-13-18(8-10-20(17)39)24(41,26(31,32)33)27(34,35)36/h2-6,8,10-13,15,19,41H,7,9,14H2,1H3/t15-,19-/m0/s1. The molecule has 1 aliphatic rings. The number of aryl methyl sites for hydroxylation is 1. The summed E-state index contributed by atoms with van der Waals surface area (Å²) in [6.45, 7) is 1.22. The van der Waals surface area contributed by atoms with Gasteiger partial charge in [-0.25, -0.2) is 4.98 Å². The molecule has 15 heteroatoms. The molecule has 42 heavy (non-hydrogen) atoms. The first-order chi connectivity index (χ1) is 19.4. The molecule has 4 rings (SSSR count). The molecular weight excluding hydrogens is 585 g/mol. The van der Waals surface area contributed by atoms with Crippen molar-refractivity contribution in [2.24, 2.45) is 0 Å². The third kappa shape index (κ3) is 6.01. The van der Waals surface area contributed by atoms with Gasteiger partial charge in [0.15, 0.2) is 0 Å². The molecule has 0 spiro atoms. The van der Waals surface area contributed by atoms with Gasteiger partial charge in [-0.05, 0) is 37.0 Å². The molecule has 6 nitrogen and oxygen atoms in total. The highest BCUT2D eigenvalue weighted by Crippen LogP contribution is 2.51. The van der Waals surface area contributed by atoms with Crippen molar-refractivity contribution in [3.05, 3.63) is 83.3 Å². The summed E-state index contributed by atoms with van der Waals surface area (Å²) in [5.74, 6) is -3.44. The summed E-state index contributed by atoms with van der Waals surface area (Å²) in [7, 11) is 0. The molecule has 0 saturated heterocycles. The number of nitrogens with zero attached hydrogens (tertiary/aromatic N) is 3. The topological polar surface area (TPSA) is 75.6 Å². The molecule has 1 N–H and O–H groups in total. The maximum atomic E-state index is 13.7.